The Morgan fingerprint density at radius 3 is 2.78 bits per heavy atom. The molecule has 1 N–H and O–H groups in total. The molecule has 0 aromatic carbocycles. The van der Waals surface area contributed by atoms with Crippen molar-refractivity contribution in [1.29, 1.82) is 0 Å². The lowest BCUT2D eigenvalue weighted by atomic mass is 9.89. The minimum absolute atomic E-state index is 0.0349. The third kappa shape index (κ3) is 5.70. The zero-order valence-electron chi connectivity index (χ0n) is 24.6. The molecule has 0 amide bonds. The summed E-state index contributed by atoms with van der Waals surface area (Å²) >= 11 is 1.35. The summed E-state index contributed by atoms with van der Waals surface area (Å²) in [6.07, 6.45) is 1.89. The van der Waals surface area contributed by atoms with E-state index in [-0.39, 0.29) is 24.8 Å². The molecule has 3 saturated heterocycles. The van der Waals surface area contributed by atoms with E-state index in [1.54, 1.807) is 30.7 Å². The van der Waals surface area contributed by atoms with Crippen LogP contribution in [0.5, 0.6) is 5.88 Å². The third-order valence-corrected chi connectivity index (χ3v) is 9.80. The lowest BCUT2D eigenvalue weighted by Crippen LogP contribution is -2.68. The van der Waals surface area contributed by atoms with E-state index in [2.05, 4.69) is 21.8 Å². The topological polar surface area (TPSA) is 119 Å². The van der Waals surface area contributed by atoms with Gasteiger partial charge in [-0.3, -0.25) is 0 Å². The number of hydrogen-bond donors (Lipinski definition) is 1. The van der Waals surface area contributed by atoms with Gasteiger partial charge in [-0.2, -0.15) is 0 Å². The molecule has 238 valence electrons. The average molecular weight is 642 g/mol. The summed E-state index contributed by atoms with van der Waals surface area (Å²) in [4.78, 5) is 29.7. The second-order valence-electron chi connectivity index (χ2n) is 11.7. The zero-order valence-corrected chi connectivity index (χ0v) is 25.4. The van der Waals surface area contributed by atoms with Crippen molar-refractivity contribution in [1.82, 2.24) is 15.0 Å². The Labute approximate surface area is 262 Å². The number of carboxylic acids is 1. The second-order valence-corrected chi connectivity index (χ2v) is 12.6. The summed E-state index contributed by atoms with van der Waals surface area (Å²) in [5, 5.41) is 12.0. The first kappa shape index (κ1) is 29.8. The van der Waals surface area contributed by atoms with Crippen molar-refractivity contribution in [3.05, 3.63) is 53.5 Å². The van der Waals surface area contributed by atoms with Crippen molar-refractivity contribution < 1.29 is 37.6 Å². The standard InChI is InChI=1S/C31H33F2N5O6S/c1-18-31(16-42-17-31)43-8-6-37(18)23-10-20(19-4-2-7-41-15-19)13-34-29(23)44-21-11-24(30(39)40)38(14-21)26-12-22(25-5-3-9-45-25)35-28(36-26)27(32)33/h3,5,9-10,12-13,15,18,21,24,27H,2,4,6-8,11,14,16-17H2,1H3,(H,39,40)/t18-,21-,24-/m0/s1. The second kappa shape index (κ2) is 12.1. The van der Waals surface area contributed by atoms with E-state index in [4.69, 9.17) is 23.9 Å². The summed E-state index contributed by atoms with van der Waals surface area (Å²) in [6.45, 7) is 5.00. The predicted octanol–water partition coefficient (Wildman–Crippen LogP) is 4.79. The van der Waals surface area contributed by atoms with Crippen molar-refractivity contribution >= 4 is 34.4 Å². The maximum absolute atomic E-state index is 13.9. The number of allylic oxidation sites excluding steroid dienone is 1. The van der Waals surface area contributed by atoms with Crippen LogP contribution in [0, 0.1) is 0 Å². The highest BCUT2D eigenvalue weighted by Crippen LogP contribution is 2.41. The van der Waals surface area contributed by atoms with Gasteiger partial charge < -0.3 is 33.9 Å². The van der Waals surface area contributed by atoms with Crippen molar-refractivity contribution in [3.63, 3.8) is 0 Å². The van der Waals surface area contributed by atoms with Gasteiger partial charge in [-0.1, -0.05) is 6.07 Å². The van der Waals surface area contributed by atoms with Gasteiger partial charge in [0.1, 0.15) is 29.3 Å². The summed E-state index contributed by atoms with van der Waals surface area (Å²) in [5.74, 6) is -1.27. The monoisotopic (exact) mass is 641 g/mol. The Kier molecular flexibility index (Phi) is 8.04. The van der Waals surface area contributed by atoms with Crippen LogP contribution in [0.15, 0.2) is 42.1 Å². The molecule has 1 spiro atoms. The highest BCUT2D eigenvalue weighted by molar-refractivity contribution is 7.13. The fraction of sp³-hybridized carbons (Fsp3) is 0.484. The number of rotatable bonds is 8. The van der Waals surface area contributed by atoms with E-state index in [1.807, 2.05) is 11.4 Å². The van der Waals surface area contributed by atoms with Gasteiger partial charge in [-0.15, -0.1) is 11.3 Å². The fourth-order valence-electron chi connectivity index (χ4n) is 6.37. The van der Waals surface area contributed by atoms with Gasteiger partial charge in [0.05, 0.1) is 55.8 Å². The summed E-state index contributed by atoms with van der Waals surface area (Å²) in [5.41, 5.74) is 2.63. The van der Waals surface area contributed by atoms with Gasteiger partial charge in [0.15, 0.2) is 5.82 Å². The van der Waals surface area contributed by atoms with Crippen LogP contribution >= 0.6 is 11.3 Å². The molecule has 0 aliphatic carbocycles. The summed E-state index contributed by atoms with van der Waals surface area (Å²) < 4.78 is 51.5. The number of anilines is 2. The molecule has 0 unspecified atom stereocenters. The molecule has 14 heteroatoms. The van der Waals surface area contributed by atoms with Crippen molar-refractivity contribution in [2.24, 2.45) is 0 Å². The number of hydrogen-bond acceptors (Lipinski definition) is 11. The number of pyridine rings is 1. The van der Waals surface area contributed by atoms with E-state index in [1.165, 1.54) is 16.2 Å². The predicted molar refractivity (Wildman–Crippen MR) is 162 cm³/mol. The van der Waals surface area contributed by atoms with Gasteiger partial charge in [0.2, 0.25) is 5.88 Å². The van der Waals surface area contributed by atoms with Gasteiger partial charge in [0, 0.05) is 30.8 Å². The minimum Gasteiger partial charge on any atom is -0.501 e. The third-order valence-electron chi connectivity index (χ3n) is 8.91. The van der Waals surface area contributed by atoms with Crippen molar-refractivity contribution in [2.45, 2.75) is 56.4 Å². The first-order valence-electron chi connectivity index (χ1n) is 15.0. The maximum Gasteiger partial charge on any atom is 0.326 e. The average Bonchev–Trinajstić information content (AvgIpc) is 3.72. The number of carboxylic acid groups (broad SMARTS) is 1. The van der Waals surface area contributed by atoms with E-state index in [9.17, 15) is 18.7 Å². The number of aromatic nitrogens is 3. The lowest BCUT2D eigenvalue weighted by molar-refractivity contribution is -0.228. The van der Waals surface area contributed by atoms with Gasteiger partial charge in [-0.25, -0.2) is 28.5 Å². The molecule has 0 saturated carbocycles. The molecule has 11 nitrogen and oxygen atoms in total. The molecule has 0 radical (unpaired) electrons. The number of aliphatic carboxylic acids is 1. The molecule has 4 aliphatic rings. The van der Waals surface area contributed by atoms with Crippen LogP contribution in [-0.4, -0.2) is 89.3 Å². The van der Waals surface area contributed by atoms with Crippen LogP contribution in [-0.2, 0) is 19.0 Å². The molecule has 7 rings (SSSR count). The molecule has 4 aliphatic heterocycles. The number of morpholine rings is 1. The van der Waals surface area contributed by atoms with Crippen LogP contribution in [0.2, 0.25) is 0 Å². The first-order valence-corrected chi connectivity index (χ1v) is 15.9. The van der Waals surface area contributed by atoms with Crippen LogP contribution < -0.4 is 14.5 Å². The highest BCUT2D eigenvalue weighted by Gasteiger charge is 2.50. The maximum atomic E-state index is 13.9. The minimum atomic E-state index is -2.92. The lowest BCUT2D eigenvalue weighted by Gasteiger charge is -2.53. The van der Waals surface area contributed by atoms with Crippen LogP contribution in [0.25, 0.3) is 16.1 Å². The Hall–Kier alpha value is -3.88. The number of thiophene rings is 1. The molecule has 3 aromatic heterocycles. The normalized spacial score (nSPS) is 24.4. The van der Waals surface area contributed by atoms with Crippen LogP contribution in [0.4, 0.5) is 20.3 Å². The number of halogens is 2. The summed E-state index contributed by atoms with van der Waals surface area (Å²) in [7, 11) is 0. The van der Waals surface area contributed by atoms with Crippen molar-refractivity contribution in [2.75, 3.05) is 49.3 Å². The molecule has 0 bridgehead atoms. The highest BCUT2D eigenvalue weighted by atomic mass is 32.1. The first-order chi connectivity index (χ1) is 21.8. The SMILES string of the molecule is C[C@@H]1N(c2cc(C3=COCCC3)cnc2O[C@H]2C[C@@H](C(=O)O)N(c3cc(-c4cccs4)nc(C(F)F)n3)C2)CCOC12COC2. The molecular formula is C31H33F2N5O6S. The fourth-order valence-corrected chi connectivity index (χ4v) is 7.05. The number of nitrogens with zero attached hydrogens (tertiary/aromatic N) is 5. The zero-order chi connectivity index (χ0) is 31.1. The number of ether oxygens (including phenoxy) is 4. The largest absolute Gasteiger partial charge is 0.501 e. The summed E-state index contributed by atoms with van der Waals surface area (Å²) in [6, 6.07) is 6.10. The molecular weight excluding hydrogens is 608 g/mol. The quantitative estimate of drug-likeness (QED) is 0.366. The Balaban J connectivity index is 1.21. The van der Waals surface area contributed by atoms with Gasteiger partial charge in [-0.05, 0) is 42.9 Å². The van der Waals surface area contributed by atoms with E-state index >= 15 is 0 Å². The van der Waals surface area contributed by atoms with E-state index < -0.39 is 36.0 Å². The smallest absolute Gasteiger partial charge is 0.326 e. The van der Waals surface area contributed by atoms with Crippen LogP contribution in [0.1, 0.15) is 44.0 Å². The Morgan fingerprint density at radius 2 is 2.09 bits per heavy atom. The molecule has 3 aromatic rings. The Bertz CT molecular complexity index is 1590. The Morgan fingerprint density at radius 1 is 1.22 bits per heavy atom. The molecule has 3 atom stereocenters. The molecule has 45 heavy (non-hydrogen) atoms. The van der Waals surface area contributed by atoms with Crippen molar-refractivity contribution in [3.8, 4) is 16.5 Å². The number of alkyl halides is 2. The van der Waals surface area contributed by atoms with E-state index in [0.717, 1.165) is 29.7 Å². The molecule has 3 fully saturated rings. The van der Waals surface area contributed by atoms with Crippen LogP contribution in [0.3, 0.4) is 0 Å². The van der Waals surface area contributed by atoms with E-state index in [0.29, 0.717) is 49.4 Å². The van der Waals surface area contributed by atoms with Gasteiger partial charge in [0.25, 0.3) is 6.43 Å². The molecule has 7 heterocycles. The van der Waals surface area contributed by atoms with Gasteiger partial charge >= 0.3 is 5.97 Å². The number of carbonyl (C=O) groups is 1.